The average Bonchev–Trinajstić information content (AvgIpc) is 3.81. The van der Waals surface area contributed by atoms with Crippen LogP contribution < -0.4 is 9.47 Å². The fraction of sp³-hybridized carbons (Fsp3) is 0.667. The van der Waals surface area contributed by atoms with E-state index in [1.165, 1.54) is 75.5 Å². The number of amides is 1. The van der Waals surface area contributed by atoms with E-state index in [0.717, 1.165) is 62.3 Å². The molecule has 0 unspecified atom stereocenters. The van der Waals surface area contributed by atoms with Crippen LogP contribution in [0.5, 0.6) is 17.2 Å². The molecule has 2 saturated carbocycles. The average molecular weight is 615 g/mol. The minimum absolute atomic E-state index is 0.0467. The number of aromatic hydroxyl groups is 1. The van der Waals surface area contributed by atoms with Gasteiger partial charge in [-0.25, -0.2) is 0 Å². The monoisotopic (exact) mass is 614 g/mol. The van der Waals surface area contributed by atoms with E-state index in [-0.39, 0.29) is 23.5 Å². The summed E-state index contributed by atoms with van der Waals surface area (Å²) in [5.74, 6) is 3.42. The van der Waals surface area contributed by atoms with Crippen molar-refractivity contribution in [1.82, 2.24) is 9.80 Å². The van der Waals surface area contributed by atoms with E-state index >= 15 is 0 Å². The summed E-state index contributed by atoms with van der Waals surface area (Å²) in [4.78, 5) is 18.4. The number of hydrogen-bond donors (Lipinski definition) is 1. The Hall–Kier alpha value is -2.73. The predicted molar refractivity (Wildman–Crippen MR) is 178 cm³/mol. The zero-order valence-corrected chi connectivity index (χ0v) is 27.6. The van der Waals surface area contributed by atoms with Gasteiger partial charge in [0.15, 0.2) is 11.5 Å². The van der Waals surface area contributed by atoms with Gasteiger partial charge in [0.25, 0.3) is 0 Å². The molecule has 1 N–H and O–H groups in total. The third kappa shape index (κ3) is 5.85. The number of nitrogens with zero attached hydrogens (tertiary/aromatic N) is 2. The topological polar surface area (TPSA) is 62.2 Å². The van der Waals surface area contributed by atoms with Gasteiger partial charge in [0.2, 0.25) is 5.91 Å². The number of benzene rings is 2. The number of rotatable bonds is 15. The highest BCUT2D eigenvalue weighted by atomic mass is 16.5. The van der Waals surface area contributed by atoms with Crippen molar-refractivity contribution < 1.29 is 19.4 Å². The number of carbonyl (C=O) groups excluding carboxylic acids is 1. The minimum atomic E-state index is -0.155. The summed E-state index contributed by atoms with van der Waals surface area (Å²) >= 11 is 0. The standard InChI is InChI=1S/C39H54N2O4/c1-40(35(43)17-13-8-6-4-3-5-7-10-14-27-15-11-9-12-16-27)31-21-20-30-32-24-29-33(42)25-34(44-2)37-36(29)39(30,38(31)45-37)22-23-41(32)26-28-18-19-28/h9,11-12,15-16,25,28,30-32,38,42H,3-8,10,13-14,17-24,26H2,1-2H3/t30-,31+,32+,38-,39-/m0/s1. The van der Waals surface area contributed by atoms with Crippen molar-refractivity contribution in [2.24, 2.45) is 11.8 Å². The molecule has 244 valence electrons. The summed E-state index contributed by atoms with van der Waals surface area (Å²) in [5, 5.41) is 11.2. The van der Waals surface area contributed by atoms with Crippen molar-refractivity contribution in [2.75, 3.05) is 27.2 Å². The van der Waals surface area contributed by atoms with E-state index in [2.05, 4.69) is 35.2 Å². The molecule has 2 bridgehead atoms. The molecule has 3 aliphatic carbocycles. The molecule has 1 saturated heterocycles. The molecule has 5 atom stereocenters. The lowest BCUT2D eigenvalue weighted by atomic mass is 9.50. The third-order valence-corrected chi connectivity index (χ3v) is 12.2. The summed E-state index contributed by atoms with van der Waals surface area (Å²) in [5.41, 5.74) is 3.58. The molecular formula is C39H54N2O4. The van der Waals surface area contributed by atoms with Crippen molar-refractivity contribution in [2.45, 2.75) is 126 Å². The van der Waals surface area contributed by atoms with Gasteiger partial charge in [0, 0.05) is 48.7 Å². The second kappa shape index (κ2) is 13.2. The van der Waals surface area contributed by atoms with E-state index in [0.29, 0.717) is 29.9 Å². The molecule has 0 radical (unpaired) electrons. The van der Waals surface area contributed by atoms with Crippen LogP contribution in [0.25, 0.3) is 0 Å². The Kier molecular flexibility index (Phi) is 9.05. The van der Waals surface area contributed by atoms with Gasteiger partial charge in [-0.3, -0.25) is 9.69 Å². The van der Waals surface area contributed by atoms with Gasteiger partial charge in [-0.05, 0) is 81.7 Å². The Morgan fingerprint density at radius 2 is 1.76 bits per heavy atom. The first-order valence-corrected chi connectivity index (χ1v) is 18.1. The molecule has 0 aromatic heterocycles. The maximum absolute atomic E-state index is 13.6. The highest BCUT2D eigenvalue weighted by molar-refractivity contribution is 5.76. The summed E-state index contributed by atoms with van der Waals surface area (Å²) in [6, 6.07) is 13.1. The van der Waals surface area contributed by atoms with Crippen LogP contribution in [-0.4, -0.2) is 66.2 Å². The number of aryl methyl sites for hydroxylation is 1. The molecule has 6 nitrogen and oxygen atoms in total. The molecule has 2 aromatic carbocycles. The Balaban J connectivity index is 0.940. The zero-order chi connectivity index (χ0) is 31.0. The van der Waals surface area contributed by atoms with Gasteiger partial charge in [-0.15, -0.1) is 0 Å². The first kappa shape index (κ1) is 30.9. The van der Waals surface area contributed by atoms with Crippen LogP contribution in [0.1, 0.15) is 107 Å². The van der Waals surface area contributed by atoms with Crippen molar-refractivity contribution in [3.63, 3.8) is 0 Å². The van der Waals surface area contributed by atoms with Crippen LogP contribution in [-0.2, 0) is 23.1 Å². The number of unbranched alkanes of at least 4 members (excludes halogenated alkanes) is 7. The van der Waals surface area contributed by atoms with E-state index in [1.807, 2.05) is 11.9 Å². The lowest BCUT2D eigenvalue weighted by Crippen LogP contribution is -2.69. The molecule has 5 aliphatic rings. The summed E-state index contributed by atoms with van der Waals surface area (Å²) in [6.45, 7) is 2.27. The Morgan fingerprint density at radius 1 is 1.02 bits per heavy atom. The van der Waals surface area contributed by atoms with E-state index in [4.69, 9.17) is 9.47 Å². The van der Waals surface area contributed by atoms with Gasteiger partial charge < -0.3 is 19.5 Å². The molecule has 45 heavy (non-hydrogen) atoms. The number of likely N-dealkylation sites (N-methyl/N-ethyl adjacent to an activating group) is 1. The second-order valence-electron chi connectivity index (χ2n) is 14.9. The minimum Gasteiger partial charge on any atom is -0.508 e. The van der Waals surface area contributed by atoms with Gasteiger partial charge >= 0.3 is 0 Å². The van der Waals surface area contributed by atoms with Crippen LogP contribution in [0.3, 0.4) is 0 Å². The fourth-order valence-electron chi connectivity index (χ4n) is 9.73. The normalized spacial score (nSPS) is 28.0. The Morgan fingerprint density at radius 3 is 2.49 bits per heavy atom. The second-order valence-corrected chi connectivity index (χ2v) is 14.9. The van der Waals surface area contributed by atoms with Crippen molar-refractivity contribution in [3.8, 4) is 17.2 Å². The molecule has 2 aromatic rings. The number of likely N-dealkylation sites (tertiary alicyclic amines) is 1. The predicted octanol–water partition coefficient (Wildman–Crippen LogP) is 7.43. The van der Waals surface area contributed by atoms with Gasteiger partial charge in [-0.1, -0.05) is 68.9 Å². The number of methoxy groups -OCH3 is 1. The number of piperidine rings is 1. The number of phenols is 1. The number of carbonyl (C=O) groups is 1. The van der Waals surface area contributed by atoms with Crippen LogP contribution in [0, 0.1) is 11.8 Å². The van der Waals surface area contributed by atoms with Crippen LogP contribution >= 0.6 is 0 Å². The van der Waals surface area contributed by atoms with Crippen molar-refractivity contribution in [3.05, 3.63) is 53.1 Å². The lowest BCUT2D eigenvalue weighted by Gasteiger charge is -2.60. The largest absolute Gasteiger partial charge is 0.508 e. The van der Waals surface area contributed by atoms with Crippen LogP contribution in [0.2, 0.25) is 0 Å². The molecule has 3 fully saturated rings. The first-order valence-electron chi connectivity index (χ1n) is 18.1. The van der Waals surface area contributed by atoms with Crippen molar-refractivity contribution in [1.29, 1.82) is 0 Å². The van der Waals surface area contributed by atoms with E-state index < -0.39 is 0 Å². The van der Waals surface area contributed by atoms with Gasteiger partial charge in [0.1, 0.15) is 11.9 Å². The molecule has 6 heteroatoms. The molecule has 1 amide bonds. The van der Waals surface area contributed by atoms with Crippen LogP contribution in [0.15, 0.2) is 36.4 Å². The molecule has 2 aliphatic heterocycles. The quantitative estimate of drug-likeness (QED) is 0.212. The van der Waals surface area contributed by atoms with E-state index in [1.54, 1.807) is 13.2 Å². The number of phenolic OH excluding ortho intramolecular Hbond substituents is 1. The van der Waals surface area contributed by atoms with Gasteiger partial charge in [-0.2, -0.15) is 0 Å². The summed E-state index contributed by atoms with van der Waals surface area (Å²) < 4.78 is 12.7. The Bertz CT molecular complexity index is 1340. The highest BCUT2D eigenvalue weighted by Crippen LogP contribution is 2.65. The molecule has 2 heterocycles. The van der Waals surface area contributed by atoms with E-state index in [9.17, 15) is 9.90 Å². The molecule has 7 rings (SSSR count). The Labute approximate surface area is 270 Å². The fourth-order valence-corrected chi connectivity index (χ4v) is 9.73. The zero-order valence-electron chi connectivity index (χ0n) is 27.6. The third-order valence-electron chi connectivity index (χ3n) is 12.2. The highest BCUT2D eigenvalue weighted by Gasteiger charge is 2.67. The maximum atomic E-state index is 13.6. The first-order chi connectivity index (χ1) is 22.0. The lowest BCUT2D eigenvalue weighted by molar-refractivity contribution is -0.140. The number of ether oxygens (including phenoxy) is 2. The van der Waals surface area contributed by atoms with Crippen LogP contribution in [0.4, 0.5) is 0 Å². The SMILES string of the molecule is COc1cc(O)c2c3c1O[C@H]1[C@H](N(C)C(=O)CCCCCCCCCCc4ccccc4)CC[C@H]4[C@@H](C2)N(CC2CC2)CC[C@@]341. The molecular weight excluding hydrogens is 560 g/mol. The summed E-state index contributed by atoms with van der Waals surface area (Å²) in [7, 11) is 3.69. The summed E-state index contributed by atoms with van der Waals surface area (Å²) in [6.07, 6.45) is 18.2. The number of hydrogen-bond acceptors (Lipinski definition) is 5. The van der Waals surface area contributed by atoms with Crippen molar-refractivity contribution >= 4 is 5.91 Å². The maximum Gasteiger partial charge on any atom is 0.222 e. The molecule has 1 spiro atoms. The van der Waals surface area contributed by atoms with Gasteiger partial charge in [0.05, 0.1) is 13.2 Å². The smallest absolute Gasteiger partial charge is 0.222 e.